The summed E-state index contributed by atoms with van der Waals surface area (Å²) in [4.78, 5) is 12.7. The molecule has 114 valence electrons. The molecule has 2 rings (SSSR count). The number of nitrogens with zero attached hydrogens (tertiary/aromatic N) is 1. The van der Waals surface area contributed by atoms with Gasteiger partial charge in [0.2, 0.25) is 0 Å². The van der Waals surface area contributed by atoms with Crippen LogP contribution in [0.3, 0.4) is 0 Å². The molecule has 0 atom stereocenters. The SMILES string of the molecule is CN(CC1CCCCC1)c1cccc(F)c1/C=C/C(=O)O. The third kappa shape index (κ3) is 4.31. The van der Waals surface area contributed by atoms with Gasteiger partial charge in [-0.3, -0.25) is 0 Å². The molecule has 0 unspecified atom stereocenters. The Labute approximate surface area is 125 Å². The molecule has 1 aromatic rings. The molecule has 0 radical (unpaired) electrons. The van der Waals surface area contributed by atoms with Crippen molar-refractivity contribution in [3.8, 4) is 0 Å². The molecule has 1 fully saturated rings. The number of benzene rings is 1. The first-order valence-corrected chi connectivity index (χ1v) is 7.48. The molecule has 1 aromatic carbocycles. The summed E-state index contributed by atoms with van der Waals surface area (Å²) >= 11 is 0. The van der Waals surface area contributed by atoms with Gasteiger partial charge in [0, 0.05) is 30.9 Å². The van der Waals surface area contributed by atoms with Gasteiger partial charge in [-0.2, -0.15) is 0 Å². The average molecular weight is 291 g/mol. The highest BCUT2D eigenvalue weighted by Crippen LogP contribution is 2.28. The predicted octanol–water partition coefficient (Wildman–Crippen LogP) is 3.94. The van der Waals surface area contributed by atoms with Crippen molar-refractivity contribution in [2.75, 3.05) is 18.5 Å². The van der Waals surface area contributed by atoms with Crippen LogP contribution in [-0.4, -0.2) is 24.7 Å². The number of carboxylic acids is 1. The number of rotatable bonds is 5. The van der Waals surface area contributed by atoms with Gasteiger partial charge in [-0.25, -0.2) is 9.18 Å². The molecule has 0 aromatic heterocycles. The quantitative estimate of drug-likeness (QED) is 0.835. The minimum absolute atomic E-state index is 0.346. The van der Waals surface area contributed by atoms with Crippen molar-refractivity contribution in [2.45, 2.75) is 32.1 Å². The van der Waals surface area contributed by atoms with Crippen molar-refractivity contribution in [1.29, 1.82) is 0 Å². The van der Waals surface area contributed by atoms with Crippen molar-refractivity contribution < 1.29 is 14.3 Å². The Morgan fingerprint density at radius 2 is 2.10 bits per heavy atom. The Bertz CT molecular complexity index is 522. The summed E-state index contributed by atoms with van der Waals surface area (Å²) in [6.45, 7) is 0.886. The number of anilines is 1. The summed E-state index contributed by atoms with van der Waals surface area (Å²) in [5.74, 6) is -0.817. The largest absolute Gasteiger partial charge is 0.478 e. The maximum absolute atomic E-state index is 14.0. The van der Waals surface area contributed by atoms with Gasteiger partial charge in [0.15, 0.2) is 0 Å². The minimum atomic E-state index is -1.07. The normalized spacial score (nSPS) is 16.3. The molecule has 1 aliphatic carbocycles. The zero-order valence-electron chi connectivity index (χ0n) is 12.4. The van der Waals surface area contributed by atoms with E-state index in [0.717, 1.165) is 18.3 Å². The maximum Gasteiger partial charge on any atom is 0.328 e. The van der Waals surface area contributed by atoms with E-state index in [1.54, 1.807) is 6.07 Å². The summed E-state index contributed by atoms with van der Waals surface area (Å²) in [7, 11) is 1.95. The van der Waals surface area contributed by atoms with Crippen molar-refractivity contribution >= 4 is 17.7 Å². The lowest BCUT2D eigenvalue weighted by molar-refractivity contribution is -0.131. The maximum atomic E-state index is 14.0. The smallest absolute Gasteiger partial charge is 0.328 e. The van der Waals surface area contributed by atoms with Crippen molar-refractivity contribution in [3.05, 3.63) is 35.7 Å². The number of aliphatic carboxylic acids is 1. The predicted molar refractivity (Wildman–Crippen MR) is 82.9 cm³/mol. The van der Waals surface area contributed by atoms with Gasteiger partial charge in [-0.15, -0.1) is 0 Å². The number of hydrogen-bond acceptors (Lipinski definition) is 2. The van der Waals surface area contributed by atoms with Crippen LogP contribution in [0.2, 0.25) is 0 Å². The fourth-order valence-electron chi connectivity index (χ4n) is 3.03. The molecule has 0 aliphatic heterocycles. The van der Waals surface area contributed by atoms with Gasteiger partial charge in [0.25, 0.3) is 0 Å². The lowest BCUT2D eigenvalue weighted by Gasteiger charge is -2.29. The fourth-order valence-corrected chi connectivity index (χ4v) is 3.03. The van der Waals surface area contributed by atoms with Gasteiger partial charge >= 0.3 is 5.97 Å². The fraction of sp³-hybridized carbons (Fsp3) is 0.471. The number of halogens is 1. The van der Waals surface area contributed by atoms with Gasteiger partial charge in [0.1, 0.15) is 5.82 Å². The van der Waals surface area contributed by atoms with Crippen LogP contribution in [0.25, 0.3) is 6.08 Å². The zero-order valence-corrected chi connectivity index (χ0v) is 12.4. The van der Waals surface area contributed by atoms with E-state index in [2.05, 4.69) is 0 Å². The van der Waals surface area contributed by atoms with Gasteiger partial charge in [-0.1, -0.05) is 25.3 Å². The van der Waals surface area contributed by atoms with Crippen molar-refractivity contribution in [3.63, 3.8) is 0 Å². The Balaban J connectivity index is 2.17. The van der Waals surface area contributed by atoms with Crippen LogP contribution in [0, 0.1) is 11.7 Å². The molecule has 0 spiro atoms. The van der Waals surface area contributed by atoms with Crippen LogP contribution >= 0.6 is 0 Å². The number of hydrogen-bond donors (Lipinski definition) is 1. The Hall–Kier alpha value is -1.84. The second kappa shape index (κ2) is 7.25. The first-order valence-electron chi connectivity index (χ1n) is 7.48. The molecule has 1 saturated carbocycles. The standard InChI is InChI=1S/C17H22FNO2/c1-19(12-13-6-3-2-4-7-13)16-9-5-8-15(18)14(16)10-11-17(20)21/h5,8-11,13H,2-4,6-7,12H2,1H3,(H,20,21)/b11-10+. The van der Waals surface area contributed by atoms with Crippen molar-refractivity contribution in [1.82, 2.24) is 0 Å². The van der Waals surface area contributed by atoms with Crippen molar-refractivity contribution in [2.24, 2.45) is 5.92 Å². The summed E-state index contributed by atoms with van der Waals surface area (Å²) in [6.07, 6.45) is 8.62. The Morgan fingerprint density at radius 1 is 1.38 bits per heavy atom. The molecular formula is C17H22FNO2. The lowest BCUT2D eigenvalue weighted by Crippen LogP contribution is -2.27. The van der Waals surface area contributed by atoms with E-state index in [1.165, 1.54) is 44.2 Å². The second-order valence-electron chi connectivity index (χ2n) is 5.73. The van der Waals surface area contributed by atoms with Crippen LogP contribution in [0.1, 0.15) is 37.7 Å². The van der Waals surface area contributed by atoms with Gasteiger partial charge in [-0.05, 0) is 37.0 Å². The number of carbonyl (C=O) groups is 1. The van der Waals surface area contributed by atoms with Crippen LogP contribution in [0.15, 0.2) is 24.3 Å². The topological polar surface area (TPSA) is 40.5 Å². The van der Waals surface area contributed by atoms with Gasteiger partial charge < -0.3 is 10.0 Å². The van der Waals surface area contributed by atoms with Crippen LogP contribution in [0.5, 0.6) is 0 Å². The third-order valence-corrected chi connectivity index (χ3v) is 4.09. The van der Waals surface area contributed by atoms with E-state index in [0.29, 0.717) is 11.5 Å². The average Bonchev–Trinajstić information content (AvgIpc) is 2.46. The van der Waals surface area contributed by atoms with Crippen LogP contribution in [0.4, 0.5) is 10.1 Å². The highest BCUT2D eigenvalue weighted by atomic mass is 19.1. The summed E-state index contributed by atoms with van der Waals surface area (Å²) in [5, 5.41) is 8.73. The summed E-state index contributed by atoms with van der Waals surface area (Å²) in [6, 6.07) is 4.87. The molecular weight excluding hydrogens is 269 g/mol. The molecule has 0 bridgehead atoms. The summed E-state index contributed by atoms with van der Waals surface area (Å²) in [5.41, 5.74) is 1.09. The molecule has 1 aliphatic rings. The van der Waals surface area contributed by atoms with E-state index in [4.69, 9.17) is 5.11 Å². The molecule has 3 nitrogen and oxygen atoms in total. The van der Waals surface area contributed by atoms with E-state index >= 15 is 0 Å². The molecule has 1 N–H and O–H groups in total. The van der Waals surface area contributed by atoms with E-state index < -0.39 is 5.97 Å². The minimum Gasteiger partial charge on any atom is -0.478 e. The molecule has 0 amide bonds. The summed E-state index contributed by atoms with van der Waals surface area (Å²) < 4.78 is 14.0. The number of carboxylic acid groups (broad SMARTS) is 1. The van der Waals surface area contributed by atoms with Crippen LogP contribution in [-0.2, 0) is 4.79 Å². The molecule has 21 heavy (non-hydrogen) atoms. The van der Waals surface area contributed by atoms with E-state index in [1.807, 2.05) is 18.0 Å². The Kier molecular flexibility index (Phi) is 5.37. The van der Waals surface area contributed by atoms with E-state index in [9.17, 15) is 9.18 Å². The Morgan fingerprint density at radius 3 is 2.76 bits per heavy atom. The first kappa shape index (κ1) is 15.5. The van der Waals surface area contributed by atoms with Crippen LogP contribution < -0.4 is 4.90 Å². The molecule has 0 heterocycles. The highest BCUT2D eigenvalue weighted by Gasteiger charge is 2.17. The molecule has 0 saturated heterocycles. The zero-order chi connectivity index (χ0) is 15.2. The van der Waals surface area contributed by atoms with Gasteiger partial charge in [0.05, 0.1) is 0 Å². The first-order chi connectivity index (χ1) is 10.1. The molecule has 4 heteroatoms. The third-order valence-electron chi connectivity index (χ3n) is 4.09. The monoisotopic (exact) mass is 291 g/mol. The second-order valence-corrected chi connectivity index (χ2v) is 5.73. The van der Waals surface area contributed by atoms with E-state index in [-0.39, 0.29) is 5.82 Å². The lowest BCUT2D eigenvalue weighted by atomic mass is 9.89. The highest BCUT2D eigenvalue weighted by molar-refractivity contribution is 5.87.